The normalized spacial score (nSPS) is 14.8. The summed E-state index contributed by atoms with van der Waals surface area (Å²) in [5.41, 5.74) is 0. The van der Waals surface area contributed by atoms with Gasteiger partial charge in [0.15, 0.2) is 5.06 Å². The Morgan fingerprint density at radius 1 is 1.69 bits per heavy atom. The third-order valence-corrected chi connectivity index (χ3v) is 5.44. The molecule has 16 heavy (non-hydrogen) atoms. The topological polar surface area (TPSA) is 38.3 Å². The van der Waals surface area contributed by atoms with Crippen LogP contribution in [0.15, 0.2) is 10.5 Å². The Kier molecular flexibility index (Phi) is 5.96. The van der Waals surface area contributed by atoms with E-state index in [9.17, 15) is 4.21 Å². The predicted octanol–water partition coefficient (Wildman–Crippen LogP) is 2.38. The lowest BCUT2D eigenvalue weighted by Gasteiger charge is -2.08. The Balaban J connectivity index is 2.40. The summed E-state index contributed by atoms with van der Waals surface area (Å²) in [6.45, 7) is 3.53. The number of nitrogens with one attached hydrogen (secondary N) is 1. The molecular weight excluding hydrogens is 310 g/mol. The van der Waals surface area contributed by atoms with E-state index in [0.717, 1.165) is 22.6 Å². The molecule has 0 spiro atoms. The molecule has 1 rings (SSSR count). The van der Waals surface area contributed by atoms with Crippen LogP contribution in [0.3, 0.4) is 0 Å². The summed E-state index contributed by atoms with van der Waals surface area (Å²) >= 11 is 5.04. The first-order valence-corrected chi connectivity index (χ1v) is 8.12. The fourth-order valence-electron chi connectivity index (χ4n) is 1.14. The fraction of sp³-hybridized carbons (Fsp3) is 0.600. The highest BCUT2D eigenvalue weighted by Crippen LogP contribution is 2.34. The molecule has 2 atom stereocenters. The van der Waals surface area contributed by atoms with Crippen LogP contribution in [0.25, 0.3) is 0 Å². The van der Waals surface area contributed by atoms with Gasteiger partial charge in [0.2, 0.25) is 0 Å². The van der Waals surface area contributed by atoms with Crippen LogP contribution in [-0.2, 0) is 17.3 Å². The molecule has 0 aromatic carbocycles. The molecule has 0 fully saturated rings. The number of hydrogen-bond acceptors (Lipinski definition) is 4. The van der Waals surface area contributed by atoms with Crippen molar-refractivity contribution < 1.29 is 8.95 Å². The van der Waals surface area contributed by atoms with E-state index >= 15 is 0 Å². The van der Waals surface area contributed by atoms with Gasteiger partial charge in [-0.15, -0.1) is 11.3 Å². The second kappa shape index (κ2) is 6.74. The maximum absolute atomic E-state index is 11.1. The van der Waals surface area contributed by atoms with Crippen LogP contribution in [0, 0.1) is 0 Å². The van der Waals surface area contributed by atoms with Crippen molar-refractivity contribution in [2.75, 3.05) is 19.9 Å². The first kappa shape index (κ1) is 14.2. The van der Waals surface area contributed by atoms with Crippen molar-refractivity contribution in [3.8, 4) is 5.06 Å². The Hall–Kier alpha value is 0.0900. The van der Waals surface area contributed by atoms with Crippen LogP contribution in [0.2, 0.25) is 0 Å². The van der Waals surface area contributed by atoms with Crippen LogP contribution in [-0.4, -0.2) is 29.4 Å². The van der Waals surface area contributed by atoms with E-state index in [4.69, 9.17) is 4.74 Å². The molecule has 0 bridgehead atoms. The number of halogens is 1. The Labute approximate surface area is 111 Å². The van der Waals surface area contributed by atoms with Gasteiger partial charge in [-0.25, -0.2) is 0 Å². The minimum atomic E-state index is -0.762. The van der Waals surface area contributed by atoms with E-state index in [0.29, 0.717) is 0 Å². The van der Waals surface area contributed by atoms with Gasteiger partial charge >= 0.3 is 0 Å². The lowest BCUT2D eigenvalue weighted by molar-refractivity contribution is 0.425. The molecule has 92 valence electrons. The van der Waals surface area contributed by atoms with Gasteiger partial charge in [0.25, 0.3) is 0 Å². The Morgan fingerprint density at radius 3 is 2.88 bits per heavy atom. The third kappa shape index (κ3) is 4.16. The first-order chi connectivity index (χ1) is 7.54. The number of ether oxygens (including phenoxy) is 1. The monoisotopic (exact) mass is 325 g/mol. The summed E-state index contributed by atoms with van der Waals surface area (Å²) in [7, 11) is 0.901. The summed E-state index contributed by atoms with van der Waals surface area (Å²) in [4.78, 5) is 1.21. The van der Waals surface area contributed by atoms with E-state index in [2.05, 4.69) is 21.2 Å². The molecule has 1 aromatic rings. The van der Waals surface area contributed by atoms with E-state index in [-0.39, 0.29) is 5.25 Å². The lowest BCUT2D eigenvalue weighted by atomic mass is 10.4. The number of methoxy groups -OCH3 is 1. The Bertz CT molecular complexity index is 368. The smallest absolute Gasteiger partial charge is 0.188 e. The summed E-state index contributed by atoms with van der Waals surface area (Å²) in [5.74, 6) is 0. The maximum atomic E-state index is 11.1. The standard InChI is InChI=1S/C10H16BrNO2S2/c1-7(16(3)13)5-12-6-8-4-9(11)10(14-2)15-8/h4,7,12H,5-6H2,1-3H3. The van der Waals surface area contributed by atoms with Crippen LogP contribution < -0.4 is 10.1 Å². The van der Waals surface area contributed by atoms with E-state index in [1.807, 2.05) is 13.0 Å². The molecule has 0 radical (unpaired) electrons. The molecule has 0 aliphatic heterocycles. The number of rotatable bonds is 6. The van der Waals surface area contributed by atoms with Crippen LogP contribution in [0.4, 0.5) is 0 Å². The molecule has 0 aliphatic carbocycles. The van der Waals surface area contributed by atoms with Crippen molar-refractivity contribution in [2.45, 2.75) is 18.7 Å². The lowest BCUT2D eigenvalue weighted by Crippen LogP contribution is -2.26. The molecule has 2 unspecified atom stereocenters. The van der Waals surface area contributed by atoms with Gasteiger partial charge in [0.1, 0.15) is 0 Å². The molecule has 3 nitrogen and oxygen atoms in total. The van der Waals surface area contributed by atoms with E-state index < -0.39 is 10.8 Å². The summed E-state index contributed by atoms with van der Waals surface area (Å²) < 4.78 is 17.3. The maximum Gasteiger partial charge on any atom is 0.188 e. The van der Waals surface area contributed by atoms with Crippen molar-refractivity contribution in [3.05, 3.63) is 15.4 Å². The predicted molar refractivity (Wildman–Crippen MR) is 73.8 cm³/mol. The second-order valence-corrected chi connectivity index (χ2v) is 7.25. The van der Waals surface area contributed by atoms with Gasteiger partial charge in [-0.1, -0.05) is 0 Å². The van der Waals surface area contributed by atoms with Gasteiger partial charge in [-0.2, -0.15) is 0 Å². The summed E-state index contributed by atoms with van der Waals surface area (Å²) in [5, 5.41) is 4.37. The molecule has 6 heteroatoms. The van der Waals surface area contributed by atoms with Crippen molar-refractivity contribution >= 4 is 38.1 Å². The zero-order valence-corrected chi connectivity index (χ0v) is 12.8. The minimum absolute atomic E-state index is 0.185. The van der Waals surface area contributed by atoms with Gasteiger partial charge in [-0.05, 0) is 28.9 Å². The fourth-order valence-corrected chi connectivity index (χ4v) is 3.15. The highest BCUT2D eigenvalue weighted by Gasteiger charge is 2.08. The molecular formula is C10H16BrNO2S2. The largest absolute Gasteiger partial charge is 0.486 e. The Morgan fingerprint density at radius 2 is 2.38 bits per heavy atom. The average molecular weight is 326 g/mol. The summed E-state index contributed by atoms with van der Waals surface area (Å²) in [6, 6.07) is 2.05. The van der Waals surface area contributed by atoms with Crippen LogP contribution >= 0.6 is 27.3 Å². The van der Waals surface area contributed by atoms with Gasteiger partial charge in [-0.3, -0.25) is 4.21 Å². The zero-order chi connectivity index (χ0) is 12.1. The average Bonchev–Trinajstić information content (AvgIpc) is 2.58. The van der Waals surface area contributed by atoms with Crippen molar-refractivity contribution in [3.63, 3.8) is 0 Å². The molecule has 0 saturated carbocycles. The van der Waals surface area contributed by atoms with E-state index in [1.54, 1.807) is 24.7 Å². The van der Waals surface area contributed by atoms with Crippen LogP contribution in [0.5, 0.6) is 5.06 Å². The zero-order valence-electron chi connectivity index (χ0n) is 9.58. The van der Waals surface area contributed by atoms with Gasteiger partial charge in [0.05, 0.1) is 11.6 Å². The number of thiophene rings is 1. The van der Waals surface area contributed by atoms with E-state index in [1.165, 1.54) is 4.88 Å². The molecule has 0 aliphatic rings. The highest BCUT2D eigenvalue weighted by atomic mass is 79.9. The molecule has 0 amide bonds. The second-order valence-electron chi connectivity index (χ2n) is 3.49. The SMILES string of the molecule is COc1sc(CNCC(C)S(C)=O)cc1Br. The minimum Gasteiger partial charge on any atom is -0.486 e. The van der Waals surface area contributed by atoms with Crippen molar-refractivity contribution in [2.24, 2.45) is 0 Å². The first-order valence-electron chi connectivity index (χ1n) is 4.89. The molecule has 1 aromatic heterocycles. The van der Waals surface area contributed by atoms with Gasteiger partial charge < -0.3 is 10.1 Å². The molecule has 1 N–H and O–H groups in total. The number of hydrogen-bond donors (Lipinski definition) is 1. The van der Waals surface area contributed by atoms with Crippen LogP contribution in [0.1, 0.15) is 11.8 Å². The quantitative estimate of drug-likeness (QED) is 0.872. The summed E-state index contributed by atoms with van der Waals surface area (Å²) in [6.07, 6.45) is 1.73. The molecule has 0 saturated heterocycles. The van der Waals surface area contributed by atoms with Gasteiger partial charge in [0, 0.05) is 40.3 Å². The third-order valence-electron chi connectivity index (χ3n) is 2.19. The van der Waals surface area contributed by atoms with Crippen molar-refractivity contribution in [1.29, 1.82) is 0 Å². The molecule has 1 heterocycles. The highest BCUT2D eigenvalue weighted by molar-refractivity contribution is 9.10. The van der Waals surface area contributed by atoms with Crippen molar-refractivity contribution in [1.82, 2.24) is 5.32 Å².